The van der Waals surface area contributed by atoms with Crippen molar-refractivity contribution in [3.8, 4) is 0 Å². The van der Waals surface area contributed by atoms with E-state index in [1.807, 2.05) is 0 Å². The van der Waals surface area contributed by atoms with Gasteiger partial charge < -0.3 is 5.11 Å². The third kappa shape index (κ3) is 95.3. The molecular weight excluding hydrogens is 110 g/mol. The first-order valence-electron chi connectivity index (χ1n) is 0.850. The Labute approximate surface area is 42.2 Å². The molecule has 0 aromatic rings. The second-order valence-electron chi connectivity index (χ2n) is 0.414. The van der Waals surface area contributed by atoms with E-state index in [0.29, 0.717) is 0 Å². The number of aliphatic hydroxyl groups excluding tert-OH is 1. The Balaban J connectivity index is 0. The predicted octanol–water partition coefficient (Wildman–Crippen LogP) is -0.427. The van der Waals surface area contributed by atoms with Crippen molar-refractivity contribution in [1.82, 2.24) is 0 Å². The van der Waals surface area contributed by atoms with E-state index in [9.17, 15) is 0 Å². The molecule has 1 unspecified atom stereocenters. The highest BCUT2D eigenvalue weighted by Gasteiger charge is 1.69. The normalized spacial score (nSPS) is 12.6. The van der Waals surface area contributed by atoms with E-state index in [0.717, 1.165) is 0 Å². The highest BCUT2D eigenvalue weighted by molar-refractivity contribution is 7.80. The standard InChI is InChI=1S/CH5NOS.ClH/c2-1(3)4;/h1,3-4H,2H2;1H. The van der Waals surface area contributed by atoms with E-state index in [-0.39, 0.29) is 12.4 Å². The molecule has 0 aliphatic heterocycles. The van der Waals surface area contributed by atoms with Crippen molar-refractivity contribution in [2.75, 3.05) is 0 Å². The lowest BCUT2D eigenvalue weighted by molar-refractivity contribution is 0.274. The Morgan fingerprint density at radius 1 is 1.80 bits per heavy atom. The number of hydrogen-bond donors (Lipinski definition) is 3. The lowest BCUT2D eigenvalue weighted by Crippen LogP contribution is -2.08. The number of nitrogens with two attached hydrogens (primary N) is 1. The Bertz CT molecular complexity index is 16.4. The molecule has 0 aromatic carbocycles. The van der Waals surface area contributed by atoms with Crippen LogP contribution in [0.3, 0.4) is 0 Å². The molecule has 4 heteroatoms. The van der Waals surface area contributed by atoms with Gasteiger partial charge in [-0.05, 0) is 0 Å². The lowest BCUT2D eigenvalue weighted by Gasteiger charge is -1.81. The molecule has 3 N–H and O–H groups in total. The lowest BCUT2D eigenvalue weighted by atomic mass is 11.4. The van der Waals surface area contributed by atoms with Gasteiger partial charge in [0.2, 0.25) is 0 Å². The van der Waals surface area contributed by atoms with Crippen LogP contribution in [0.15, 0.2) is 0 Å². The fraction of sp³-hybridized carbons (Fsp3) is 1.00. The van der Waals surface area contributed by atoms with Gasteiger partial charge in [0.15, 0.2) is 0 Å². The first kappa shape index (κ1) is 9.12. The fourth-order valence-electron chi connectivity index (χ4n) is 0. The molecule has 0 saturated heterocycles. The van der Waals surface area contributed by atoms with Gasteiger partial charge in [0.05, 0.1) is 0 Å². The molecule has 0 bridgehead atoms. The van der Waals surface area contributed by atoms with Crippen molar-refractivity contribution in [3.05, 3.63) is 0 Å². The molecule has 0 aromatic heterocycles. The van der Waals surface area contributed by atoms with Gasteiger partial charge in [0, 0.05) is 0 Å². The third-order valence-corrected chi connectivity index (χ3v) is 0. The van der Waals surface area contributed by atoms with Crippen LogP contribution in [0.25, 0.3) is 0 Å². The smallest absolute Gasteiger partial charge is 0.147 e. The van der Waals surface area contributed by atoms with Gasteiger partial charge >= 0.3 is 0 Å². The Hall–Kier alpha value is 0.560. The number of halogens is 1. The maximum Gasteiger partial charge on any atom is 0.147 e. The van der Waals surface area contributed by atoms with E-state index in [4.69, 9.17) is 5.11 Å². The van der Waals surface area contributed by atoms with E-state index in [1.54, 1.807) is 0 Å². The van der Waals surface area contributed by atoms with Gasteiger partial charge in [0.25, 0.3) is 0 Å². The molecule has 0 amide bonds. The summed E-state index contributed by atoms with van der Waals surface area (Å²) < 4.78 is 0. The first-order chi connectivity index (χ1) is 1.73. The number of thiol groups is 1. The summed E-state index contributed by atoms with van der Waals surface area (Å²) >= 11 is 3.30. The monoisotopic (exact) mass is 115 g/mol. The summed E-state index contributed by atoms with van der Waals surface area (Å²) in [7, 11) is 0. The third-order valence-electron chi connectivity index (χ3n) is 0. The van der Waals surface area contributed by atoms with E-state index in [2.05, 4.69) is 18.4 Å². The largest absolute Gasteiger partial charge is 0.370 e. The topological polar surface area (TPSA) is 46.2 Å². The van der Waals surface area contributed by atoms with Crippen molar-refractivity contribution in [2.45, 2.75) is 5.56 Å². The summed E-state index contributed by atoms with van der Waals surface area (Å²) in [5.74, 6) is 0. The molecular formula is CH6ClNOS. The van der Waals surface area contributed by atoms with Crippen LogP contribution in [0.5, 0.6) is 0 Å². The first-order valence-corrected chi connectivity index (χ1v) is 1.37. The van der Waals surface area contributed by atoms with Crippen LogP contribution < -0.4 is 5.73 Å². The van der Waals surface area contributed by atoms with Gasteiger partial charge in [-0.25, -0.2) is 0 Å². The quantitative estimate of drug-likeness (QED) is 0.297. The molecule has 0 saturated carbocycles. The summed E-state index contributed by atoms with van der Waals surface area (Å²) in [5.41, 5.74) is 3.56. The summed E-state index contributed by atoms with van der Waals surface area (Å²) in [6.45, 7) is 0. The van der Waals surface area contributed by atoms with Crippen LogP contribution in [-0.4, -0.2) is 10.7 Å². The van der Waals surface area contributed by atoms with Crippen LogP contribution in [-0.2, 0) is 0 Å². The molecule has 2 nitrogen and oxygen atoms in total. The molecule has 0 fully saturated rings. The molecule has 1 atom stereocenters. The molecule has 0 aliphatic carbocycles. The number of hydrogen-bond acceptors (Lipinski definition) is 3. The summed E-state index contributed by atoms with van der Waals surface area (Å²) in [6.07, 6.45) is 0. The zero-order valence-corrected chi connectivity index (χ0v) is 4.17. The van der Waals surface area contributed by atoms with Crippen LogP contribution in [0.4, 0.5) is 0 Å². The maximum atomic E-state index is 7.70. The number of rotatable bonds is 0. The van der Waals surface area contributed by atoms with Crippen LogP contribution in [0.1, 0.15) is 0 Å². The second-order valence-corrected chi connectivity index (χ2v) is 0.943. The Kier molecular flexibility index (Phi) is 8.32. The van der Waals surface area contributed by atoms with Gasteiger partial charge in [-0.3, -0.25) is 5.73 Å². The van der Waals surface area contributed by atoms with Crippen molar-refractivity contribution in [1.29, 1.82) is 0 Å². The predicted molar refractivity (Wildman–Crippen MR) is 26.4 cm³/mol. The summed E-state index contributed by atoms with van der Waals surface area (Å²) in [5, 5.41) is 7.70. The SMILES string of the molecule is Cl.NC(O)S. The van der Waals surface area contributed by atoms with E-state index >= 15 is 0 Å². The minimum atomic E-state index is -0.972. The minimum absolute atomic E-state index is 0. The van der Waals surface area contributed by atoms with Crippen molar-refractivity contribution >= 4 is 25.0 Å². The van der Waals surface area contributed by atoms with Crippen LogP contribution in [0, 0.1) is 0 Å². The fourth-order valence-corrected chi connectivity index (χ4v) is 0. The van der Waals surface area contributed by atoms with Crippen molar-refractivity contribution in [2.24, 2.45) is 5.73 Å². The van der Waals surface area contributed by atoms with Gasteiger partial charge in [-0.2, -0.15) is 0 Å². The molecule has 0 aliphatic rings. The van der Waals surface area contributed by atoms with Crippen LogP contribution >= 0.6 is 25.0 Å². The zero-order chi connectivity index (χ0) is 3.58. The maximum absolute atomic E-state index is 7.70. The molecule has 5 heavy (non-hydrogen) atoms. The minimum Gasteiger partial charge on any atom is -0.370 e. The molecule has 0 rings (SSSR count). The molecule has 34 valence electrons. The average molecular weight is 116 g/mol. The van der Waals surface area contributed by atoms with Crippen molar-refractivity contribution < 1.29 is 5.11 Å². The van der Waals surface area contributed by atoms with Crippen molar-refractivity contribution in [3.63, 3.8) is 0 Å². The second kappa shape index (κ2) is 4.56. The Morgan fingerprint density at radius 3 is 1.80 bits per heavy atom. The average Bonchev–Trinajstić information content (AvgIpc) is 0.811. The molecule has 0 spiro atoms. The van der Waals surface area contributed by atoms with E-state index < -0.39 is 5.56 Å². The highest BCUT2D eigenvalue weighted by atomic mass is 35.5. The van der Waals surface area contributed by atoms with Gasteiger partial charge in [-0.1, -0.05) is 0 Å². The van der Waals surface area contributed by atoms with Gasteiger partial charge in [-0.15, -0.1) is 25.0 Å². The molecule has 0 radical (unpaired) electrons. The number of aliphatic hydroxyl groups is 1. The van der Waals surface area contributed by atoms with Gasteiger partial charge in [0.1, 0.15) is 5.56 Å². The summed E-state index contributed by atoms with van der Waals surface area (Å²) in [4.78, 5) is 0. The van der Waals surface area contributed by atoms with Crippen LogP contribution in [0.2, 0.25) is 0 Å². The zero-order valence-electron chi connectivity index (χ0n) is 2.46. The molecule has 0 heterocycles. The van der Waals surface area contributed by atoms with E-state index in [1.165, 1.54) is 0 Å². The summed E-state index contributed by atoms with van der Waals surface area (Å²) in [6, 6.07) is 0. The Morgan fingerprint density at radius 2 is 1.80 bits per heavy atom. The highest BCUT2D eigenvalue weighted by Crippen LogP contribution is 1.66.